The third-order valence-electron chi connectivity index (χ3n) is 12.8. The highest BCUT2D eigenvalue weighted by molar-refractivity contribution is 6.07. The second-order valence-corrected chi connectivity index (χ2v) is 16.5. The molecule has 10 rings (SSSR count). The Balaban J connectivity index is 0.752. The van der Waals surface area contributed by atoms with Crippen molar-refractivity contribution in [3.63, 3.8) is 0 Å². The summed E-state index contributed by atoms with van der Waals surface area (Å²) in [5.74, 6) is -0.510. The molecular weight excluding hydrogens is 739 g/mol. The Morgan fingerprint density at radius 1 is 0.897 bits per heavy atom. The van der Waals surface area contributed by atoms with Crippen molar-refractivity contribution in [2.75, 3.05) is 60.9 Å². The highest BCUT2D eigenvalue weighted by Gasteiger charge is 2.39. The van der Waals surface area contributed by atoms with E-state index in [-0.39, 0.29) is 41.8 Å². The monoisotopic (exact) mass is 785 g/mol. The fourth-order valence-electron chi connectivity index (χ4n) is 9.56. The zero-order valence-electron chi connectivity index (χ0n) is 32.3. The summed E-state index contributed by atoms with van der Waals surface area (Å²) < 4.78 is 3.69. The number of amides is 4. The molecule has 4 fully saturated rings. The average molecular weight is 786 g/mol. The molecule has 2 aromatic carbocycles. The van der Waals surface area contributed by atoms with Crippen molar-refractivity contribution >= 4 is 57.2 Å². The largest absolute Gasteiger partial charge is 0.391 e. The third kappa shape index (κ3) is 6.93. The first-order valence-corrected chi connectivity index (χ1v) is 20.5. The number of β-amino-alcohol motifs (C(OH)–C–C–N with tert-alkyl or cyclic N) is 1. The first-order valence-electron chi connectivity index (χ1n) is 20.5. The van der Waals surface area contributed by atoms with E-state index >= 15 is 0 Å². The second kappa shape index (κ2) is 14.8. The summed E-state index contributed by atoms with van der Waals surface area (Å²) in [6, 6.07) is 13.2. The van der Waals surface area contributed by atoms with Crippen molar-refractivity contribution in [1.29, 1.82) is 0 Å². The number of rotatable bonds is 8. The summed E-state index contributed by atoms with van der Waals surface area (Å²) >= 11 is 0. The van der Waals surface area contributed by atoms with Crippen LogP contribution in [0.25, 0.3) is 16.6 Å². The van der Waals surface area contributed by atoms with Crippen LogP contribution >= 0.6 is 0 Å². The molecule has 0 aliphatic carbocycles. The molecule has 16 nitrogen and oxygen atoms in total. The minimum atomic E-state index is -0.603. The molecular formula is C42H47N11O5. The predicted octanol–water partition coefficient (Wildman–Crippen LogP) is 3.22. The maximum atomic E-state index is 13.4. The van der Waals surface area contributed by atoms with Gasteiger partial charge < -0.3 is 30.0 Å². The van der Waals surface area contributed by atoms with Crippen LogP contribution in [0.15, 0.2) is 61.1 Å². The fraction of sp³-hybridized carbons (Fsp3) is 0.452. The van der Waals surface area contributed by atoms with Crippen molar-refractivity contribution in [3.8, 4) is 0 Å². The van der Waals surface area contributed by atoms with E-state index in [1.165, 1.54) is 0 Å². The van der Waals surface area contributed by atoms with Crippen LogP contribution in [-0.4, -0.2) is 121 Å². The Morgan fingerprint density at radius 2 is 1.72 bits per heavy atom. The summed E-state index contributed by atoms with van der Waals surface area (Å²) in [5, 5.41) is 26.3. The second-order valence-electron chi connectivity index (χ2n) is 16.5. The van der Waals surface area contributed by atoms with Crippen molar-refractivity contribution in [1.82, 2.24) is 39.5 Å². The molecule has 8 heterocycles. The number of imidazole rings is 1. The smallest absolute Gasteiger partial charge is 0.276 e. The Kier molecular flexibility index (Phi) is 9.32. The molecule has 0 saturated carbocycles. The van der Waals surface area contributed by atoms with Gasteiger partial charge in [0.15, 0.2) is 5.65 Å². The van der Waals surface area contributed by atoms with Gasteiger partial charge in [-0.25, -0.2) is 9.50 Å². The Morgan fingerprint density at radius 3 is 2.52 bits per heavy atom. The Bertz CT molecular complexity index is 2430. The van der Waals surface area contributed by atoms with Crippen molar-refractivity contribution in [3.05, 3.63) is 77.9 Å². The maximum absolute atomic E-state index is 13.4. The fourth-order valence-corrected chi connectivity index (χ4v) is 9.56. The summed E-state index contributed by atoms with van der Waals surface area (Å²) in [6.07, 6.45) is 10.5. The van der Waals surface area contributed by atoms with Crippen LogP contribution in [0, 0.1) is 5.92 Å². The zero-order chi connectivity index (χ0) is 39.5. The standard InChI is InChI=1S/C42H47N11O5/c54-31-11-17-50(25-31)37-21-34-28(19-35(37)44-40(56)33-3-5-38-43-12-18-52(38)46-33)24-53(47-34)29-9-13-48(14-10-29)22-26-7-15-49(16-8-26)30-2-1-27-23-51(42(58)32(27)20-30)36-4-6-39(55)45-41(36)57/h1-3,5,12,18-21,24,26,29,31,36,54H,4,6-11,13-17,22-23,25H2,(H,44,56)(H,45,55,57)/t31-,36?/m0/s1. The van der Waals surface area contributed by atoms with Crippen LogP contribution in [0.1, 0.15) is 77.4 Å². The number of hydrogen-bond donors (Lipinski definition) is 3. The summed E-state index contributed by atoms with van der Waals surface area (Å²) in [4.78, 5) is 63.9. The number of hydrogen-bond acceptors (Lipinski definition) is 11. The molecule has 5 aromatic rings. The molecule has 1 unspecified atom stereocenters. The lowest BCUT2D eigenvalue weighted by Crippen LogP contribution is -2.52. The number of carbonyl (C=O) groups is 4. The van der Waals surface area contributed by atoms with Crippen LogP contribution in [0.2, 0.25) is 0 Å². The lowest BCUT2D eigenvalue weighted by molar-refractivity contribution is -0.136. The van der Waals surface area contributed by atoms with Crippen LogP contribution < -0.4 is 20.4 Å². The number of piperidine rings is 3. The molecule has 16 heteroatoms. The van der Waals surface area contributed by atoms with E-state index in [1.807, 2.05) is 24.3 Å². The van der Waals surface area contributed by atoms with E-state index < -0.39 is 12.1 Å². The summed E-state index contributed by atoms with van der Waals surface area (Å²) in [7, 11) is 0. The SMILES string of the molecule is O=C1CCC(N2Cc3ccc(N4CCC(CN5CCC(n6cc7cc(NC(=O)c8ccc9nccn9n8)c(N8CC[C@H](O)C8)cc7n6)CC5)CC4)cc3C2=O)C(=O)N1. The molecule has 5 aliphatic rings. The van der Waals surface area contributed by atoms with Crippen LogP contribution in [0.3, 0.4) is 0 Å². The zero-order valence-corrected chi connectivity index (χ0v) is 32.3. The molecule has 0 bridgehead atoms. The quantitative estimate of drug-likeness (QED) is 0.197. The number of aliphatic hydroxyl groups is 1. The first kappa shape index (κ1) is 36.5. The van der Waals surface area contributed by atoms with Gasteiger partial charge in [0.1, 0.15) is 11.7 Å². The van der Waals surface area contributed by atoms with Gasteiger partial charge in [-0.3, -0.25) is 29.2 Å². The van der Waals surface area contributed by atoms with E-state index in [0.29, 0.717) is 55.3 Å². The Labute approximate surface area is 334 Å². The van der Waals surface area contributed by atoms with Gasteiger partial charge in [-0.1, -0.05) is 6.07 Å². The minimum Gasteiger partial charge on any atom is -0.391 e. The molecule has 4 saturated heterocycles. The molecule has 5 aliphatic heterocycles. The van der Waals surface area contributed by atoms with Gasteiger partial charge in [0, 0.05) is 94.0 Å². The third-order valence-corrected chi connectivity index (χ3v) is 12.8. The number of likely N-dealkylation sites (tertiary alicyclic amines) is 1. The van der Waals surface area contributed by atoms with Crippen molar-refractivity contribution in [2.24, 2.45) is 5.92 Å². The number of nitrogens with zero attached hydrogens (tertiary/aromatic N) is 9. The summed E-state index contributed by atoms with van der Waals surface area (Å²) in [5.41, 5.74) is 5.96. The van der Waals surface area contributed by atoms with E-state index in [1.54, 1.807) is 33.9 Å². The lowest BCUT2D eigenvalue weighted by atomic mass is 9.94. The maximum Gasteiger partial charge on any atom is 0.276 e. The molecule has 2 atom stereocenters. The van der Waals surface area contributed by atoms with Gasteiger partial charge in [-0.05, 0) is 86.4 Å². The van der Waals surface area contributed by atoms with E-state index in [4.69, 9.17) is 5.10 Å². The minimum absolute atomic E-state index is 0.132. The molecule has 300 valence electrons. The number of anilines is 3. The molecule has 58 heavy (non-hydrogen) atoms. The van der Waals surface area contributed by atoms with Gasteiger partial charge in [0.25, 0.3) is 11.8 Å². The average Bonchev–Trinajstić information content (AvgIpc) is 4.04. The van der Waals surface area contributed by atoms with Crippen LogP contribution in [0.4, 0.5) is 17.1 Å². The number of fused-ring (bicyclic) bond motifs is 3. The molecule has 3 N–H and O–H groups in total. The van der Waals surface area contributed by atoms with Crippen LogP contribution in [-0.2, 0) is 16.1 Å². The van der Waals surface area contributed by atoms with E-state index in [9.17, 15) is 24.3 Å². The highest BCUT2D eigenvalue weighted by Crippen LogP contribution is 2.36. The predicted molar refractivity (Wildman–Crippen MR) is 216 cm³/mol. The van der Waals surface area contributed by atoms with Crippen LogP contribution in [0.5, 0.6) is 0 Å². The molecule has 4 amide bonds. The number of aromatic nitrogens is 5. The van der Waals surface area contributed by atoms with Crippen molar-refractivity contribution in [2.45, 2.75) is 69.7 Å². The first-order chi connectivity index (χ1) is 28.2. The van der Waals surface area contributed by atoms with Gasteiger partial charge in [0.2, 0.25) is 11.8 Å². The molecule has 0 spiro atoms. The molecule has 3 aromatic heterocycles. The van der Waals surface area contributed by atoms with Gasteiger partial charge in [-0.2, -0.15) is 10.2 Å². The van der Waals surface area contributed by atoms with E-state index in [2.05, 4.69) is 52.4 Å². The number of aliphatic hydroxyl groups excluding tert-OH is 1. The number of carbonyl (C=O) groups excluding carboxylic acids is 4. The van der Waals surface area contributed by atoms with Gasteiger partial charge in [-0.15, -0.1) is 0 Å². The van der Waals surface area contributed by atoms with Gasteiger partial charge >= 0.3 is 0 Å². The van der Waals surface area contributed by atoms with Gasteiger partial charge in [0.05, 0.1) is 29.0 Å². The van der Waals surface area contributed by atoms with E-state index in [0.717, 1.165) is 86.2 Å². The lowest BCUT2D eigenvalue weighted by Gasteiger charge is -2.38. The normalized spacial score (nSPS) is 22.4. The highest BCUT2D eigenvalue weighted by atomic mass is 16.3. The molecule has 0 radical (unpaired) electrons. The number of imide groups is 1. The topological polar surface area (TPSA) is 174 Å². The summed E-state index contributed by atoms with van der Waals surface area (Å²) in [6.45, 7) is 6.52. The number of nitrogens with one attached hydrogen (secondary N) is 2. The number of benzene rings is 2. The Hall–Kier alpha value is -5.87. The van der Waals surface area contributed by atoms with Crippen molar-refractivity contribution < 1.29 is 24.3 Å².